The normalized spacial score (nSPS) is 11.9. The molecule has 6 heteroatoms. The van der Waals surface area contributed by atoms with Crippen LogP contribution in [0.3, 0.4) is 0 Å². The summed E-state index contributed by atoms with van der Waals surface area (Å²) in [6, 6.07) is 9.95. The van der Waals surface area contributed by atoms with E-state index in [9.17, 15) is 0 Å². The van der Waals surface area contributed by atoms with Gasteiger partial charge in [-0.2, -0.15) is 10.2 Å². The number of fused-ring (bicyclic) bond motifs is 1. The molecule has 1 atom stereocenters. The van der Waals surface area contributed by atoms with Crippen molar-refractivity contribution in [2.45, 2.75) is 19.4 Å². The molecule has 1 aromatic carbocycles. The maximum atomic E-state index is 8.80. The molecule has 0 aliphatic heterocycles. The van der Waals surface area contributed by atoms with Crippen LogP contribution in [0.15, 0.2) is 24.3 Å². The van der Waals surface area contributed by atoms with Crippen molar-refractivity contribution in [1.82, 2.24) is 9.97 Å². The van der Waals surface area contributed by atoms with Crippen molar-refractivity contribution >= 4 is 22.7 Å². The first-order chi connectivity index (χ1) is 9.17. The second kappa shape index (κ2) is 5.50. The third kappa shape index (κ3) is 2.56. The SMILES string of the molecule is CC(CC#N)N(C)c1nc(NN)nc2ccccc12. The molecule has 1 heterocycles. The van der Waals surface area contributed by atoms with Crippen LogP contribution < -0.4 is 16.2 Å². The lowest BCUT2D eigenvalue weighted by Gasteiger charge is -2.25. The van der Waals surface area contributed by atoms with Crippen LogP contribution in [0.1, 0.15) is 13.3 Å². The lowest BCUT2D eigenvalue weighted by molar-refractivity contribution is 0.696. The van der Waals surface area contributed by atoms with Gasteiger partial charge in [-0.15, -0.1) is 0 Å². The molecule has 1 unspecified atom stereocenters. The van der Waals surface area contributed by atoms with Crippen molar-refractivity contribution < 1.29 is 0 Å². The van der Waals surface area contributed by atoms with E-state index < -0.39 is 0 Å². The van der Waals surface area contributed by atoms with E-state index in [1.165, 1.54) is 0 Å². The van der Waals surface area contributed by atoms with Crippen LogP contribution in [0.2, 0.25) is 0 Å². The summed E-state index contributed by atoms with van der Waals surface area (Å²) in [7, 11) is 1.91. The number of hydrogen-bond donors (Lipinski definition) is 2. The van der Waals surface area contributed by atoms with Gasteiger partial charge in [0.25, 0.3) is 0 Å². The molecule has 0 saturated carbocycles. The molecule has 6 nitrogen and oxygen atoms in total. The molecule has 0 amide bonds. The lowest BCUT2D eigenvalue weighted by Crippen LogP contribution is -2.30. The fourth-order valence-corrected chi connectivity index (χ4v) is 1.87. The number of nitrogens with two attached hydrogens (primary N) is 1. The Labute approximate surface area is 111 Å². The highest BCUT2D eigenvalue weighted by atomic mass is 15.3. The molecule has 0 saturated heterocycles. The van der Waals surface area contributed by atoms with Crippen LogP contribution in [-0.4, -0.2) is 23.1 Å². The highest BCUT2D eigenvalue weighted by molar-refractivity contribution is 5.90. The van der Waals surface area contributed by atoms with Gasteiger partial charge in [0.1, 0.15) is 5.82 Å². The highest BCUT2D eigenvalue weighted by Crippen LogP contribution is 2.25. The van der Waals surface area contributed by atoms with E-state index in [1.54, 1.807) is 0 Å². The Hall–Kier alpha value is -2.39. The van der Waals surface area contributed by atoms with E-state index in [0.29, 0.717) is 12.4 Å². The van der Waals surface area contributed by atoms with Crippen molar-refractivity contribution in [3.05, 3.63) is 24.3 Å². The summed E-state index contributed by atoms with van der Waals surface area (Å²) in [4.78, 5) is 10.7. The zero-order valence-electron chi connectivity index (χ0n) is 11.0. The fourth-order valence-electron chi connectivity index (χ4n) is 1.87. The summed E-state index contributed by atoms with van der Waals surface area (Å²) < 4.78 is 0. The molecule has 0 bridgehead atoms. The van der Waals surface area contributed by atoms with E-state index in [0.717, 1.165) is 16.7 Å². The molecule has 0 aliphatic rings. The third-order valence-corrected chi connectivity index (χ3v) is 3.09. The first-order valence-corrected chi connectivity index (χ1v) is 6.00. The topological polar surface area (TPSA) is 90.9 Å². The summed E-state index contributed by atoms with van der Waals surface area (Å²) in [5.74, 6) is 6.53. The highest BCUT2D eigenvalue weighted by Gasteiger charge is 2.15. The molecule has 1 aromatic heterocycles. The maximum absolute atomic E-state index is 8.80. The minimum absolute atomic E-state index is 0.0638. The molecule has 0 spiro atoms. The fraction of sp³-hybridized carbons (Fsp3) is 0.308. The standard InChI is InChI=1S/C13H16N6/c1-9(7-8-14)19(2)12-10-5-3-4-6-11(10)16-13(17-12)18-15/h3-6,9H,7,15H2,1-2H3,(H,16,17,18). The quantitative estimate of drug-likeness (QED) is 0.638. The summed E-state index contributed by atoms with van der Waals surface area (Å²) >= 11 is 0. The number of hydrazine groups is 1. The smallest absolute Gasteiger partial charge is 0.239 e. The monoisotopic (exact) mass is 256 g/mol. The summed E-state index contributed by atoms with van der Waals surface area (Å²) in [5, 5.41) is 9.74. The largest absolute Gasteiger partial charge is 0.355 e. The van der Waals surface area contributed by atoms with Gasteiger partial charge in [0, 0.05) is 18.5 Å². The number of para-hydroxylation sites is 1. The van der Waals surface area contributed by atoms with Crippen LogP contribution >= 0.6 is 0 Å². The molecular weight excluding hydrogens is 240 g/mol. The molecule has 98 valence electrons. The zero-order valence-corrected chi connectivity index (χ0v) is 11.0. The first-order valence-electron chi connectivity index (χ1n) is 6.00. The minimum Gasteiger partial charge on any atom is -0.355 e. The number of rotatable bonds is 4. The number of nitrogens with one attached hydrogen (secondary N) is 1. The predicted octanol–water partition coefficient (Wildman–Crippen LogP) is 1.65. The van der Waals surface area contributed by atoms with Crippen molar-refractivity contribution in [2.75, 3.05) is 17.4 Å². The molecule has 3 N–H and O–H groups in total. The Morgan fingerprint density at radius 1 is 1.42 bits per heavy atom. The average molecular weight is 256 g/mol. The number of nitrogen functional groups attached to an aromatic ring is 1. The molecule has 0 aliphatic carbocycles. The Morgan fingerprint density at radius 2 is 2.16 bits per heavy atom. The third-order valence-electron chi connectivity index (χ3n) is 3.09. The summed E-state index contributed by atoms with van der Waals surface area (Å²) in [6.45, 7) is 1.98. The lowest BCUT2D eigenvalue weighted by atomic mass is 10.2. The Kier molecular flexibility index (Phi) is 3.78. The van der Waals surface area contributed by atoms with Crippen LogP contribution in [0.5, 0.6) is 0 Å². The minimum atomic E-state index is 0.0638. The number of nitriles is 1. The molecular formula is C13H16N6. The van der Waals surface area contributed by atoms with Gasteiger partial charge in [-0.1, -0.05) is 12.1 Å². The van der Waals surface area contributed by atoms with Crippen molar-refractivity contribution in [3.63, 3.8) is 0 Å². The Bertz CT molecular complexity index is 618. The van der Waals surface area contributed by atoms with Crippen molar-refractivity contribution in [3.8, 4) is 6.07 Å². The van der Waals surface area contributed by atoms with E-state index in [4.69, 9.17) is 11.1 Å². The van der Waals surface area contributed by atoms with Gasteiger partial charge in [-0.05, 0) is 19.1 Å². The van der Waals surface area contributed by atoms with Crippen LogP contribution in [0.4, 0.5) is 11.8 Å². The number of aromatic nitrogens is 2. The number of benzene rings is 1. The van der Waals surface area contributed by atoms with Gasteiger partial charge in [-0.25, -0.2) is 10.8 Å². The second-order valence-corrected chi connectivity index (χ2v) is 4.35. The molecule has 2 rings (SSSR count). The van der Waals surface area contributed by atoms with Crippen LogP contribution in [-0.2, 0) is 0 Å². The van der Waals surface area contributed by atoms with Gasteiger partial charge in [0.05, 0.1) is 18.0 Å². The molecule has 2 aromatic rings. The van der Waals surface area contributed by atoms with Gasteiger partial charge in [-0.3, -0.25) is 5.43 Å². The number of anilines is 2. The molecule has 19 heavy (non-hydrogen) atoms. The maximum Gasteiger partial charge on any atom is 0.239 e. The Morgan fingerprint density at radius 3 is 2.84 bits per heavy atom. The van der Waals surface area contributed by atoms with Crippen molar-refractivity contribution in [1.29, 1.82) is 5.26 Å². The van der Waals surface area contributed by atoms with Gasteiger partial charge in [0.15, 0.2) is 0 Å². The van der Waals surface area contributed by atoms with E-state index in [-0.39, 0.29) is 6.04 Å². The van der Waals surface area contributed by atoms with Gasteiger partial charge >= 0.3 is 0 Å². The van der Waals surface area contributed by atoms with Crippen molar-refractivity contribution in [2.24, 2.45) is 5.84 Å². The summed E-state index contributed by atoms with van der Waals surface area (Å²) in [5.41, 5.74) is 3.29. The van der Waals surface area contributed by atoms with E-state index in [2.05, 4.69) is 21.5 Å². The number of nitrogens with zero attached hydrogens (tertiary/aromatic N) is 4. The zero-order chi connectivity index (χ0) is 13.8. The summed E-state index contributed by atoms with van der Waals surface area (Å²) in [6.07, 6.45) is 0.431. The molecule has 0 fully saturated rings. The number of hydrogen-bond acceptors (Lipinski definition) is 6. The van der Waals surface area contributed by atoms with Crippen LogP contribution in [0, 0.1) is 11.3 Å². The van der Waals surface area contributed by atoms with E-state index >= 15 is 0 Å². The average Bonchev–Trinajstić information content (AvgIpc) is 2.45. The predicted molar refractivity (Wildman–Crippen MR) is 75.4 cm³/mol. The Balaban J connectivity index is 2.54. The first kappa shape index (κ1) is 13.1. The second-order valence-electron chi connectivity index (χ2n) is 4.35. The van der Waals surface area contributed by atoms with Gasteiger partial charge in [0.2, 0.25) is 5.95 Å². The van der Waals surface area contributed by atoms with E-state index in [1.807, 2.05) is 43.1 Å². The van der Waals surface area contributed by atoms with Gasteiger partial charge < -0.3 is 4.90 Å². The molecule has 0 radical (unpaired) electrons. The van der Waals surface area contributed by atoms with Crippen LogP contribution in [0.25, 0.3) is 10.9 Å².